The van der Waals surface area contributed by atoms with Crippen LogP contribution in [0.2, 0.25) is 0 Å². The van der Waals surface area contributed by atoms with Crippen molar-refractivity contribution < 1.29 is 9.59 Å². The fourth-order valence-corrected chi connectivity index (χ4v) is 4.34. The summed E-state index contributed by atoms with van der Waals surface area (Å²) in [6, 6.07) is 13.4. The van der Waals surface area contributed by atoms with Crippen LogP contribution in [-0.4, -0.2) is 11.8 Å². The van der Waals surface area contributed by atoms with Gasteiger partial charge in [-0.25, -0.2) is 0 Å². The summed E-state index contributed by atoms with van der Waals surface area (Å²) in [4.78, 5) is 24.5. The molecule has 0 aliphatic heterocycles. The molecule has 0 radical (unpaired) electrons. The number of hydrazine groups is 1. The lowest BCUT2D eigenvalue weighted by atomic mass is 10.0. The van der Waals surface area contributed by atoms with E-state index in [1.165, 1.54) is 83.5 Å². The monoisotopic (exact) mass is 452 g/mol. The lowest BCUT2D eigenvalue weighted by Gasteiger charge is -2.09. The molecule has 2 aromatic rings. The van der Waals surface area contributed by atoms with E-state index in [9.17, 15) is 9.59 Å². The zero-order chi connectivity index (χ0) is 23.6. The van der Waals surface area contributed by atoms with Crippen molar-refractivity contribution in [1.29, 1.82) is 0 Å². The van der Waals surface area contributed by atoms with Crippen LogP contribution in [0.4, 0.5) is 0 Å². The standard InChI is InChI=1S/C29H44N2O2/c1-2-3-4-5-6-7-8-9-10-11-12-13-14-15-16-24-28(32)30-31-29(33)27-23-19-21-25-20-17-18-22-26(25)27/h17-23H,2-16,24H2,1H3,(H,30,32)(H,31,33). The first-order chi connectivity index (χ1) is 16.2. The van der Waals surface area contributed by atoms with Crippen LogP contribution >= 0.6 is 0 Å². The predicted molar refractivity (Wildman–Crippen MR) is 139 cm³/mol. The summed E-state index contributed by atoms with van der Waals surface area (Å²) in [5, 5.41) is 1.89. The number of hydrogen-bond donors (Lipinski definition) is 2. The summed E-state index contributed by atoms with van der Waals surface area (Å²) in [6.45, 7) is 2.27. The second-order valence-corrected chi connectivity index (χ2v) is 9.23. The van der Waals surface area contributed by atoms with Crippen molar-refractivity contribution in [1.82, 2.24) is 10.9 Å². The van der Waals surface area contributed by atoms with Gasteiger partial charge in [-0.2, -0.15) is 0 Å². The van der Waals surface area contributed by atoms with E-state index in [0.29, 0.717) is 12.0 Å². The molecule has 0 heterocycles. The molecule has 4 heteroatoms. The van der Waals surface area contributed by atoms with Gasteiger partial charge in [0.15, 0.2) is 0 Å². The number of carbonyl (C=O) groups is 2. The van der Waals surface area contributed by atoms with Crippen molar-refractivity contribution >= 4 is 22.6 Å². The number of hydrogen-bond acceptors (Lipinski definition) is 2. The molecule has 33 heavy (non-hydrogen) atoms. The van der Waals surface area contributed by atoms with Crippen molar-refractivity contribution in [3.63, 3.8) is 0 Å². The van der Waals surface area contributed by atoms with Gasteiger partial charge in [-0.3, -0.25) is 20.4 Å². The topological polar surface area (TPSA) is 58.2 Å². The fourth-order valence-electron chi connectivity index (χ4n) is 4.34. The number of amides is 2. The molecule has 0 saturated heterocycles. The molecule has 4 nitrogen and oxygen atoms in total. The van der Waals surface area contributed by atoms with E-state index in [1.54, 1.807) is 6.07 Å². The third-order valence-corrected chi connectivity index (χ3v) is 6.36. The second-order valence-electron chi connectivity index (χ2n) is 9.23. The molecule has 2 N–H and O–H groups in total. The Labute approximate surface area is 200 Å². The Morgan fingerprint density at radius 3 is 1.73 bits per heavy atom. The van der Waals surface area contributed by atoms with Gasteiger partial charge in [0.05, 0.1) is 0 Å². The maximum Gasteiger partial charge on any atom is 0.270 e. The quantitative estimate of drug-likeness (QED) is 0.189. The van der Waals surface area contributed by atoms with Crippen molar-refractivity contribution in [3.8, 4) is 0 Å². The minimum absolute atomic E-state index is 0.127. The van der Waals surface area contributed by atoms with E-state index < -0.39 is 0 Å². The highest BCUT2D eigenvalue weighted by Crippen LogP contribution is 2.18. The van der Waals surface area contributed by atoms with E-state index in [1.807, 2.05) is 36.4 Å². The summed E-state index contributed by atoms with van der Waals surface area (Å²) in [6.07, 6.45) is 20.0. The van der Waals surface area contributed by atoms with Gasteiger partial charge in [0.25, 0.3) is 5.91 Å². The zero-order valence-corrected chi connectivity index (χ0v) is 20.7. The molecular weight excluding hydrogens is 408 g/mol. The Morgan fingerprint density at radius 2 is 1.12 bits per heavy atom. The van der Waals surface area contributed by atoms with Crippen LogP contribution in [0.1, 0.15) is 120 Å². The number of benzene rings is 2. The van der Waals surface area contributed by atoms with Crippen LogP contribution in [0.15, 0.2) is 42.5 Å². The minimum Gasteiger partial charge on any atom is -0.273 e. The van der Waals surface area contributed by atoms with E-state index in [0.717, 1.165) is 23.6 Å². The van der Waals surface area contributed by atoms with Gasteiger partial charge in [0.2, 0.25) is 5.91 Å². The van der Waals surface area contributed by atoms with E-state index >= 15 is 0 Å². The number of unbranched alkanes of at least 4 members (excludes halogenated alkanes) is 14. The summed E-state index contributed by atoms with van der Waals surface area (Å²) >= 11 is 0. The molecule has 0 aliphatic carbocycles. The summed E-state index contributed by atoms with van der Waals surface area (Å²) in [5.41, 5.74) is 5.68. The number of rotatable bonds is 17. The van der Waals surface area contributed by atoms with Gasteiger partial charge in [-0.05, 0) is 23.3 Å². The molecule has 0 saturated carbocycles. The average Bonchev–Trinajstić information content (AvgIpc) is 2.84. The van der Waals surface area contributed by atoms with Gasteiger partial charge >= 0.3 is 0 Å². The number of nitrogens with one attached hydrogen (secondary N) is 2. The fraction of sp³-hybridized carbons (Fsp3) is 0.586. The largest absolute Gasteiger partial charge is 0.273 e. The van der Waals surface area contributed by atoms with Crippen LogP contribution in [0.3, 0.4) is 0 Å². The van der Waals surface area contributed by atoms with Crippen molar-refractivity contribution in [2.75, 3.05) is 0 Å². The average molecular weight is 453 g/mol. The number of carbonyl (C=O) groups excluding carboxylic acids is 2. The molecule has 0 aliphatic rings. The maximum atomic E-state index is 12.5. The number of fused-ring (bicyclic) bond motifs is 1. The molecule has 0 unspecified atom stereocenters. The summed E-state index contributed by atoms with van der Waals surface area (Å²) < 4.78 is 0. The van der Waals surface area contributed by atoms with Crippen LogP contribution in [-0.2, 0) is 4.79 Å². The van der Waals surface area contributed by atoms with E-state index in [4.69, 9.17) is 0 Å². The SMILES string of the molecule is CCCCCCCCCCCCCCCCCC(=O)NNC(=O)c1cccc2ccccc12. The minimum atomic E-state index is -0.281. The Kier molecular flexibility index (Phi) is 14.0. The van der Waals surface area contributed by atoms with Crippen LogP contribution < -0.4 is 10.9 Å². The van der Waals surface area contributed by atoms with Gasteiger partial charge in [-0.1, -0.05) is 133 Å². The molecule has 182 valence electrons. The summed E-state index contributed by atoms with van der Waals surface area (Å²) in [7, 11) is 0. The summed E-state index contributed by atoms with van der Waals surface area (Å²) in [5.74, 6) is -0.407. The highest BCUT2D eigenvalue weighted by molar-refractivity contribution is 6.07. The highest BCUT2D eigenvalue weighted by atomic mass is 16.2. The molecule has 0 aromatic heterocycles. The van der Waals surface area contributed by atoms with Gasteiger partial charge < -0.3 is 0 Å². The van der Waals surface area contributed by atoms with E-state index in [-0.39, 0.29) is 11.8 Å². The molecule has 0 atom stereocenters. The van der Waals surface area contributed by atoms with Crippen LogP contribution in [0.25, 0.3) is 10.8 Å². The van der Waals surface area contributed by atoms with Gasteiger partial charge in [0.1, 0.15) is 0 Å². The first-order valence-electron chi connectivity index (χ1n) is 13.3. The smallest absolute Gasteiger partial charge is 0.270 e. The normalized spacial score (nSPS) is 10.9. The van der Waals surface area contributed by atoms with Crippen molar-refractivity contribution in [2.45, 2.75) is 110 Å². The highest BCUT2D eigenvalue weighted by Gasteiger charge is 2.10. The Morgan fingerprint density at radius 1 is 0.606 bits per heavy atom. The molecule has 0 bridgehead atoms. The molecule has 0 fully saturated rings. The lowest BCUT2D eigenvalue weighted by Crippen LogP contribution is -2.41. The van der Waals surface area contributed by atoms with Crippen molar-refractivity contribution in [3.05, 3.63) is 48.0 Å². The van der Waals surface area contributed by atoms with E-state index in [2.05, 4.69) is 17.8 Å². The zero-order valence-electron chi connectivity index (χ0n) is 20.7. The van der Waals surface area contributed by atoms with Crippen LogP contribution in [0, 0.1) is 0 Å². The third-order valence-electron chi connectivity index (χ3n) is 6.36. The maximum absolute atomic E-state index is 12.5. The Hall–Kier alpha value is -2.36. The van der Waals surface area contributed by atoms with Crippen LogP contribution in [0.5, 0.6) is 0 Å². The Balaban J connectivity index is 1.43. The first kappa shape index (κ1) is 26.9. The van der Waals surface area contributed by atoms with Gasteiger partial charge in [0, 0.05) is 12.0 Å². The second kappa shape index (κ2) is 17.2. The third kappa shape index (κ3) is 11.4. The Bertz CT molecular complexity index is 813. The first-order valence-corrected chi connectivity index (χ1v) is 13.3. The molecule has 2 rings (SSSR count). The molecule has 2 aromatic carbocycles. The predicted octanol–water partition coefficient (Wildman–Crippen LogP) is 7.86. The molecular formula is C29H44N2O2. The molecule has 0 spiro atoms. The molecule has 2 amide bonds. The van der Waals surface area contributed by atoms with Crippen molar-refractivity contribution in [2.24, 2.45) is 0 Å². The van der Waals surface area contributed by atoms with Gasteiger partial charge in [-0.15, -0.1) is 0 Å². The lowest BCUT2D eigenvalue weighted by molar-refractivity contribution is -0.122.